The fourth-order valence-electron chi connectivity index (χ4n) is 3.64. The summed E-state index contributed by atoms with van der Waals surface area (Å²) in [5.41, 5.74) is 10.4. The topological polar surface area (TPSA) is 65.1 Å². The SMILES string of the molecule is NC1c2c3c(nn2CC12CCNCC2)COC3. The number of ether oxygens (including phenoxy) is 1. The van der Waals surface area contributed by atoms with Gasteiger partial charge >= 0.3 is 0 Å². The van der Waals surface area contributed by atoms with Crippen molar-refractivity contribution in [1.82, 2.24) is 15.1 Å². The minimum absolute atomic E-state index is 0.141. The number of piperidine rings is 1. The lowest BCUT2D eigenvalue weighted by Crippen LogP contribution is -2.42. The third kappa shape index (κ3) is 1.22. The third-order valence-electron chi connectivity index (χ3n) is 4.68. The molecule has 17 heavy (non-hydrogen) atoms. The van der Waals surface area contributed by atoms with E-state index < -0.39 is 0 Å². The molecular formula is C12H18N4O. The average Bonchev–Trinajstić information content (AvgIpc) is 2.94. The summed E-state index contributed by atoms with van der Waals surface area (Å²) < 4.78 is 7.62. The fourth-order valence-corrected chi connectivity index (χ4v) is 3.64. The molecule has 1 aromatic rings. The van der Waals surface area contributed by atoms with Crippen molar-refractivity contribution < 1.29 is 4.74 Å². The largest absolute Gasteiger partial charge is 0.370 e. The lowest BCUT2D eigenvalue weighted by Gasteiger charge is -2.36. The van der Waals surface area contributed by atoms with Gasteiger partial charge in [0.25, 0.3) is 0 Å². The van der Waals surface area contributed by atoms with E-state index in [1.807, 2.05) is 0 Å². The normalized spacial score (nSPS) is 29.6. The summed E-state index contributed by atoms with van der Waals surface area (Å²) in [5.74, 6) is 0. The highest BCUT2D eigenvalue weighted by Gasteiger charge is 2.48. The summed E-state index contributed by atoms with van der Waals surface area (Å²) in [7, 11) is 0. The molecule has 3 aliphatic rings. The predicted octanol–water partition coefficient (Wildman–Crippen LogP) is 0.296. The molecule has 1 aromatic heterocycles. The molecule has 0 radical (unpaired) electrons. The van der Waals surface area contributed by atoms with Crippen LogP contribution in [0.25, 0.3) is 0 Å². The van der Waals surface area contributed by atoms with Crippen LogP contribution >= 0.6 is 0 Å². The van der Waals surface area contributed by atoms with Crippen LogP contribution < -0.4 is 11.1 Å². The van der Waals surface area contributed by atoms with Gasteiger partial charge in [-0.3, -0.25) is 4.68 Å². The Labute approximate surface area is 100 Å². The van der Waals surface area contributed by atoms with Crippen molar-refractivity contribution in [2.24, 2.45) is 11.1 Å². The first-order chi connectivity index (χ1) is 8.30. The highest BCUT2D eigenvalue weighted by molar-refractivity contribution is 5.34. The van der Waals surface area contributed by atoms with E-state index in [9.17, 15) is 0 Å². The van der Waals surface area contributed by atoms with Crippen molar-refractivity contribution in [2.45, 2.75) is 38.6 Å². The molecule has 0 aliphatic carbocycles. The number of nitrogens with one attached hydrogen (secondary N) is 1. The summed E-state index contributed by atoms with van der Waals surface area (Å²) in [6.45, 7) is 4.52. The summed E-state index contributed by atoms with van der Waals surface area (Å²) in [4.78, 5) is 0. The first kappa shape index (κ1) is 10.1. The number of nitrogens with two attached hydrogens (primary N) is 1. The number of rotatable bonds is 0. The molecule has 1 atom stereocenters. The van der Waals surface area contributed by atoms with Gasteiger partial charge in [0.05, 0.1) is 30.6 Å². The van der Waals surface area contributed by atoms with Crippen molar-refractivity contribution in [1.29, 1.82) is 0 Å². The Bertz CT molecular complexity index is 461. The zero-order valence-electron chi connectivity index (χ0n) is 9.91. The van der Waals surface area contributed by atoms with E-state index in [1.54, 1.807) is 0 Å². The van der Waals surface area contributed by atoms with Gasteiger partial charge in [0.2, 0.25) is 0 Å². The van der Waals surface area contributed by atoms with Crippen LogP contribution in [0.1, 0.15) is 35.8 Å². The average molecular weight is 234 g/mol. The van der Waals surface area contributed by atoms with E-state index >= 15 is 0 Å². The summed E-state index contributed by atoms with van der Waals surface area (Å²) in [6, 6.07) is 0.141. The van der Waals surface area contributed by atoms with Crippen LogP contribution in [0.2, 0.25) is 0 Å². The molecule has 1 saturated heterocycles. The number of fused-ring (bicyclic) bond motifs is 3. The molecule has 4 rings (SSSR count). The van der Waals surface area contributed by atoms with Gasteiger partial charge in [-0.1, -0.05) is 0 Å². The molecule has 4 heterocycles. The molecule has 0 amide bonds. The Balaban J connectivity index is 1.76. The van der Waals surface area contributed by atoms with Crippen LogP contribution in [0.5, 0.6) is 0 Å². The van der Waals surface area contributed by atoms with Crippen LogP contribution in [0, 0.1) is 5.41 Å². The second-order valence-corrected chi connectivity index (χ2v) is 5.55. The summed E-state index contributed by atoms with van der Waals surface area (Å²) in [6.07, 6.45) is 2.32. The maximum Gasteiger partial charge on any atom is 0.0940 e. The Kier molecular flexibility index (Phi) is 1.96. The van der Waals surface area contributed by atoms with E-state index in [2.05, 4.69) is 15.1 Å². The van der Waals surface area contributed by atoms with Gasteiger partial charge < -0.3 is 15.8 Å². The quantitative estimate of drug-likeness (QED) is 0.677. The monoisotopic (exact) mass is 234 g/mol. The van der Waals surface area contributed by atoms with Crippen molar-refractivity contribution in [3.63, 3.8) is 0 Å². The minimum Gasteiger partial charge on any atom is -0.370 e. The van der Waals surface area contributed by atoms with Crippen molar-refractivity contribution in [3.05, 3.63) is 17.0 Å². The maximum absolute atomic E-state index is 6.53. The van der Waals surface area contributed by atoms with E-state index in [4.69, 9.17) is 10.5 Å². The maximum atomic E-state index is 6.53. The molecule has 1 spiro atoms. The number of nitrogens with zero attached hydrogens (tertiary/aromatic N) is 2. The third-order valence-corrected chi connectivity index (χ3v) is 4.68. The molecule has 1 unspecified atom stereocenters. The van der Waals surface area contributed by atoms with Gasteiger partial charge in [-0.15, -0.1) is 0 Å². The predicted molar refractivity (Wildman–Crippen MR) is 62.2 cm³/mol. The van der Waals surface area contributed by atoms with Gasteiger partial charge in [-0.05, 0) is 25.9 Å². The summed E-state index contributed by atoms with van der Waals surface area (Å²) in [5, 5.41) is 8.08. The minimum atomic E-state index is 0.141. The zero-order chi connectivity index (χ0) is 11.5. The molecule has 92 valence electrons. The van der Waals surface area contributed by atoms with Crippen LogP contribution in [-0.2, 0) is 24.5 Å². The molecular weight excluding hydrogens is 216 g/mol. The van der Waals surface area contributed by atoms with Gasteiger partial charge in [-0.2, -0.15) is 5.10 Å². The smallest absolute Gasteiger partial charge is 0.0940 e. The first-order valence-electron chi connectivity index (χ1n) is 6.43. The van der Waals surface area contributed by atoms with Gasteiger partial charge in [0, 0.05) is 17.5 Å². The molecule has 5 nitrogen and oxygen atoms in total. The summed E-state index contributed by atoms with van der Waals surface area (Å²) >= 11 is 0. The molecule has 0 bridgehead atoms. The Morgan fingerprint density at radius 3 is 3.00 bits per heavy atom. The number of aromatic nitrogens is 2. The first-order valence-corrected chi connectivity index (χ1v) is 6.43. The molecule has 3 N–H and O–H groups in total. The molecule has 1 fully saturated rings. The van der Waals surface area contributed by atoms with Crippen LogP contribution in [0.3, 0.4) is 0 Å². The molecule has 3 aliphatic heterocycles. The second kappa shape index (κ2) is 3.31. The Hall–Kier alpha value is -0.910. The number of hydrogen-bond donors (Lipinski definition) is 2. The number of hydrogen-bond acceptors (Lipinski definition) is 4. The van der Waals surface area contributed by atoms with Crippen molar-refractivity contribution in [2.75, 3.05) is 13.1 Å². The van der Waals surface area contributed by atoms with Crippen LogP contribution in [-0.4, -0.2) is 22.9 Å². The second-order valence-electron chi connectivity index (χ2n) is 5.55. The van der Waals surface area contributed by atoms with Crippen molar-refractivity contribution >= 4 is 0 Å². The lowest BCUT2D eigenvalue weighted by molar-refractivity contribution is 0.130. The highest BCUT2D eigenvalue weighted by Crippen LogP contribution is 2.48. The Morgan fingerprint density at radius 1 is 1.35 bits per heavy atom. The molecule has 0 aromatic carbocycles. The van der Waals surface area contributed by atoms with Gasteiger partial charge in [-0.25, -0.2) is 0 Å². The van der Waals surface area contributed by atoms with E-state index in [1.165, 1.54) is 11.3 Å². The molecule has 0 saturated carbocycles. The zero-order valence-corrected chi connectivity index (χ0v) is 9.91. The molecule has 5 heteroatoms. The lowest BCUT2D eigenvalue weighted by atomic mass is 9.74. The van der Waals surface area contributed by atoms with Crippen molar-refractivity contribution in [3.8, 4) is 0 Å². The van der Waals surface area contributed by atoms with E-state index in [0.717, 1.165) is 38.2 Å². The van der Waals surface area contributed by atoms with E-state index in [-0.39, 0.29) is 11.5 Å². The van der Waals surface area contributed by atoms with Crippen LogP contribution in [0.4, 0.5) is 0 Å². The standard InChI is InChI=1S/C12H18N4O/c13-11-10-8-5-17-6-9(8)15-16(10)7-12(11)1-3-14-4-2-12/h11,14H,1-7,13H2. The van der Waals surface area contributed by atoms with Gasteiger partial charge in [0.15, 0.2) is 0 Å². The van der Waals surface area contributed by atoms with Gasteiger partial charge in [0.1, 0.15) is 0 Å². The van der Waals surface area contributed by atoms with Crippen LogP contribution in [0.15, 0.2) is 0 Å². The van der Waals surface area contributed by atoms with E-state index in [0.29, 0.717) is 13.2 Å². The highest BCUT2D eigenvalue weighted by atomic mass is 16.5. The Morgan fingerprint density at radius 2 is 2.18 bits per heavy atom. The fraction of sp³-hybridized carbons (Fsp3) is 0.750.